The van der Waals surface area contributed by atoms with Gasteiger partial charge in [0.1, 0.15) is 5.69 Å². The van der Waals surface area contributed by atoms with Gasteiger partial charge in [-0.2, -0.15) is 0 Å². The van der Waals surface area contributed by atoms with Crippen molar-refractivity contribution in [2.24, 2.45) is 0 Å². The Hall–Kier alpha value is -2.21. The molecule has 1 unspecified atom stereocenters. The molecule has 1 aliphatic rings. The molecule has 0 saturated carbocycles. The van der Waals surface area contributed by atoms with Gasteiger partial charge in [0.2, 0.25) is 0 Å². The Balaban J connectivity index is 1.92. The number of nitrogens with zero attached hydrogens (tertiary/aromatic N) is 2. The zero-order valence-corrected chi connectivity index (χ0v) is 13.5. The van der Waals surface area contributed by atoms with Gasteiger partial charge in [-0.05, 0) is 18.6 Å². The fourth-order valence-corrected chi connectivity index (χ4v) is 4.62. The molecule has 1 aromatic heterocycles. The quantitative estimate of drug-likeness (QED) is 0.805. The third-order valence-corrected chi connectivity index (χ3v) is 5.80. The fraction of sp³-hybridized carbons (Fsp3) is 0.294. The van der Waals surface area contributed by atoms with E-state index in [1.165, 1.54) is 0 Å². The van der Waals surface area contributed by atoms with E-state index in [4.69, 9.17) is 0 Å². The Kier molecular flexibility index (Phi) is 4.17. The standard InChI is InChI=1S/C17H18N2O3S/c1-2-10-19(14-9-11-23(21,22)12-14)17(20)16-8-7-13-5-3-4-6-15(13)18-16/h2-8,14H,1,9-12H2. The number of sulfone groups is 1. The first-order chi connectivity index (χ1) is 11.0. The van der Waals surface area contributed by atoms with E-state index in [-0.39, 0.29) is 23.5 Å². The molecular formula is C17H18N2O3S. The van der Waals surface area contributed by atoms with Crippen LogP contribution in [0.4, 0.5) is 0 Å². The molecule has 0 N–H and O–H groups in total. The smallest absolute Gasteiger partial charge is 0.273 e. The van der Waals surface area contributed by atoms with Crippen LogP contribution in [0.25, 0.3) is 10.9 Å². The van der Waals surface area contributed by atoms with Gasteiger partial charge in [0.15, 0.2) is 9.84 Å². The van der Waals surface area contributed by atoms with E-state index >= 15 is 0 Å². The second kappa shape index (κ2) is 6.12. The summed E-state index contributed by atoms with van der Waals surface area (Å²) in [6.07, 6.45) is 2.08. The van der Waals surface area contributed by atoms with Crippen molar-refractivity contribution in [2.45, 2.75) is 12.5 Å². The minimum absolute atomic E-state index is 0.0140. The summed E-state index contributed by atoms with van der Waals surface area (Å²) in [5.41, 5.74) is 1.07. The number of carbonyl (C=O) groups is 1. The van der Waals surface area contributed by atoms with Crippen LogP contribution in [0.15, 0.2) is 49.1 Å². The van der Waals surface area contributed by atoms with E-state index in [9.17, 15) is 13.2 Å². The van der Waals surface area contributed by atoms with E-state index < -0.39 is 9.84 Å². The van der Waals surface area contributed by atoms with Crippen LogP contribution < -0.4 is 0 Å². The maximum atomic E-state index is 12.8. The summed E-state index contributed by atoms with van der Waals surface area (Å²) in [6, 6.07) is 10.8. The second-order valence-electron chi connectivity index (χ2n) is 5.69. The normalized spacial score (nSPS) is 19.6. The van der Waals surface area contributed by atoms with Crippen LogP contribution in [0.3, 0.4) is 0 Å². The summed E-state index contributed by atoms with van der Waals surface area (Å²) in [7, 11) is -3.06. The monoisotopic (exact) mass is 330 g/mol. The number of amides is 1. The third-order valence-electron chi connectivity index (χ3n) is 4.05. The lowest BCUT2D eigenvalue weighted by Crippen LogP contribution is -2.41. The van der Waals surface area contributed by atoms with E-state index in [0.717, 1.165) is 10.9 Å². The second-order valence-corrected chi connectivity index (χ2v) is 7.92. The van der Waals surface area contributed by atoms with Gasteiger partial charge >= 0.3 is 0 Å². The Morgan fingerprint density at radius 1 is 1.30 bits per heavy atom. The van der Waals surface area contributed by atoms with Crippen LogP contribution >= 0.6 is 0 Å². The molecule has 5 nitrogen and oxygen atoms in total. The van der Waals surface area contributed by atoms with Crippen molar-refractivity contribution in [1.82, 2.24) is 9.88 Å². The highest BCUT2D eigenvalue weighted by Gasteiger charge is 2.34. The lowest BCUT2D eigenvalue weighted by atomic mass is 10.1. The van der Waals surface area contributed by atoms with Crippen molar-refractivity contribution >= 4 is 26.6 Å². The van der Waals surface area contributed by atoms with Gasteiger partial charge in [0, 0.05) is 18.0 Å². The van der Waals surface area contributed by atoms with Crippen LogP contribution in [0.5, 0.6) is 0 Å². The topological polar surface area (TPSA) is 67.3 Å². The number of carbonyl (C=O) groups excluding carboxylic acids is 1. The summed E-state index contributed by atoms with van der Waals surface area (Å²) in [5, 5.41) is 0.961. The van der Waals surface area contributed by atoms with Gasteiger partial charge in [0.05, 0.1) is 17.0 Å². The molecule has 3 rings (SSSR count). The predicted molar refractivity (Wildman–Crippen MR) is 90.0 cm³/mol. The molecule has 6 heteroatoms. The molecule has 23 heavy (non-hydrogen) atoms. The lowest BCUT2D eigenvalue weighted by molar-refractivity contribution is 0.0715. The zero-order chi connectivity index (χ0) is 16.4. The molecule has 1 amide bonds. The average molecular weight is 330 g/mol. The van der Waals surface area contributed by atoms with Crippen molar-refractivity contribution < 1.29 is 13.2 Å². The summed E-state index contributed by atoms with van der Waals surface area (Å²) in [5.74, 6) is -0.109. The van der Waals surface area contributed by atoms with E-state index in [1.54, 1.807) is 17.0 Å². The predicted octanol–water partition coefficient (Wildman–Crippen LogP) is 2.05. The molecule has 2 heterocycles. The van der Waals surface area contributed by atoms with Crippen LogP contribution in [0, 0.1) is 0 Å². The van der Waals surface area contributed by atoms with Crippen LogP contribution in [-0.2, 0) is 9.84 Å². The highest BCUT2D eigenvalue weighted by molar-refractivity contribution is 7.91. The summed E-state index contributed by atoms with van der Waals surface area (Å²) in [6.45, 7) is 3.98. The number of para-hydroxylation sites is 1. The lowest BCUT2D eigenvalue weighted by Gasteiger charge is -2.26. The van der Waals surface area contributed by atoms with Crippen molar-refractivity contribution in [2.75, 3.05) is 18.1 Å². The molecule has 1 aromatic carbocycles. The van der Waals surface area contributed by atoms with Crippen LogP contribution in [0.1, 0.15) is 16.9 Å². The maximum Gasteiger partial charge on any atom is 0.273 e. The number of fused-ring (bicyclic) bond motifs is 1. The molecule has 0 radical (unpaired) electrons. The molecule has 0 spiro atoms. The number of hydrogen-bond donors (Lipinski definition) is 0. The van der Waals surface area contributed by atoms with E-state index in [2.05, 4.69) is 11.6 Å². The van der Waals surface area contributed by atoms with Crippen molar-refractivity contribution in [3.63, 3.8) is 0 Å². The Morgan fingerprint density at radius 3 is 2.78 bits per heavy atom. The van der Waals surface area contributed by atoms with Crippen LogP contribution in [0.2, 0.25) is 0 Å². The van der Waals surface area contributed by atoms with Crippen molar-refractivity contribution in [1.29, 1.82) is 0 Å². The Bertz CT molecular complexity index is 861. The summed E-state index contributed by atoms with van der Waals surface area (Å²) < 4.78 is 23.4. The summed E-state index contributed by atoms with van der Waals surface area (Å²) in [4.78, 5) is 18.8. The third kappa shape index (κ3) is 3.27. The minimum Gasteiger partial charge on any atom is -0.330 e. The largest absolute Gasteiger partial charge is 0.330 e. The van der Waals surface area contributed by atoms with Crippen molar-refractivity contribution in [3.8, 4) is 0 Å². The first-order valence-electron chi connectivity index (χ1n) is 7.48. The molecule has 2 aromatic rings. The average Bonchev–Trinajstić information content (AvgIpc) is 2.91. The van der Waals surface area contributed by atoms with Crippen LogP contribution in [-0.4, -0.2) is 48.3 Å². The van der Waals surface area contributed by atoms with Gasteiger partial charge in [-0.3, -0.25) is 4.79 Å². The van der Waals surface area contributed by atoms with Gasteiger partial charge in [-0.25, -0.2) is 13.4 Å². The number of hydrogen-bond acceptors (Lipinski definition) is 4. The molecule has 1 saturated heterocycles. The molecule has 0 bridgehead atoms. The van der Waals surface area contributed by atoms with Gasteiger partial charge in [0.25, 0.3) is 5.91 Å². The molecule has 1 fully saturated rings. The Morgan fingerprint density at radius 2 is 2.09 bits per heavy atom. The maximum absolute atomic E-state index is 12.8. The number of rotatable bonds is 4. The minimum atomic E-state index is -3.06. The van der Waals surface area contributed by atoms with Gasteiger partial charge in [-0.15, -0.1) is 6.58 Å². The van der Waals surface area contributed by atoms with Gasteiger partial charge < -0.3 is 4.90 Å². The molecule has 1 atom stereocenters. The highest BCUT2D eigenvalue weighted by atomic mass is 32.2. The number of benzene rings is 1. The van der Waals surface area contributed by atoms with E-state index in [1.807, 2.05) is 30.3 Å². The van der Waals surface area contributed by atoms with Crippen molar-refractivity contribution in [3.05, 3.63) is 54.7 Å². The molecular weight excluding hydrogens is 312 g/mol. The van der Waals surface area contributed by atoms with E-state index in [0.29, 0.717) is 18.7 Å². The number of pyridine rings is 1. The number of aromatic nitrogens is 1. The zero-order valence-electron chi connectivity index (χ0n) is 12.7. The molecule has 120 valence electrons. The fourth-order valence-electron chi connectivity index (χ4n) is 2.89. The van der Waals surface area contributed by atoms with Gasteiger partial charge in [-0.1, -0.05) is 30.3 Å². The highest BCUT2D eigenvalue weighted by Crippen LogP contribution is 2.20. The first kappa shape index (κ1) is 15.7. The Labute approximate surface area is 135 Å². The molecule has 1 aliphatic heterocycles. The first-order valence-corrected chi connectivity index (χ1v) is 9.30. The molecule has 0 aliphatic carbocycles. The summed E-state index contributed by atoms with van der Waals surface area (Å²) >= 11 is 0. The SMILES string of the molecule is C=CCN(C(=O)c1ccc2ccccc2n1)C1CCS(=O)(=O)C1.